The molecule has 0 spiro atoms. The van der Waals surface area contributed by atoms with E-state index in [1.54, 1.807) is 18.5 Å². The lowest BCUT2D eigenvalue weighted by molar-refractivity contribution is 0.574. The molecule has 1 heterocycles. The molecule has 2 aromatic rings. The van der Waals surface area contributed by atoms with Crippen molar-refractivity contribution in [2.75, 3.05) is 5.73 Å². The standard InChI is InChI=1S/C12H10F2N2/c13-10-2-1-8(11(14)6-10)5-9-7-16-4-3-12(9)15/h1-4,6-7H,5H2,(H2,15,16). The van der Waals surface area contributed by atoms with Crippen LogP contribution in [0.1, 0.15) is 11.1 Å². The van der Waals surface area contributed by atoms with Gasteiger partial charge in [0.15, 0.2) is 0 Å². The number of hydrogen-bond donors (Lipinski definition) is 1. The van der Waals surface area contributed by atoms with E-state index in [0.29, 0.717) is 17.7 Å². The van der Waals surface area contributed by atoms with Crippen LogP contribution < -0.4 is 5.73 Å². The number of nitrogens with two attached hydrogens (primary N) is 1. The van der Waals surface area contributed by atoms with Crippen LogP contribution in [0.5, 0.6) is 0 Å². The number of nitrogen functional groups attached to an aromatic ring is 1. The molecule has 0 atom stereocenters. The minimum atomic E-state index is -0.583. The number of aromatic nitrogens is 1. The van der Waals surface area contributed by atoms with Gasteiger partial charge in [-0.2, -0.15) is 0 Å². The summed E-state index contributed by atoms with van der Waals surface area (Å²) >= 11 is 0. The van der Waals surface area contributed by atoms with Crippen molar-refractivity contribution < 1.29 is 8.78 Å². The number of halogens is 2. The maximum absolute atomic E-state index is 13.4. The minimum Gasteiger partial charge on any atom is -0.398 e. The molecule has 2 rings (SSSR count). The van der Waals surface area contributed by atoms with Gasteiger partial charge in [0.05, 0.1) is 0 Å². The Labute approximate surface area is 91.7 Å². The predicted octanol–water partition coefficient (Wildman–Crippen LogP) is 2.53. The lowest BCUT2D eigenvalue weighted by Crippen LogP contribution is -1.98. The summed E-state index contributed by atoms with van der Waals surface area (Å²) < 4.78 is 26.1. The first-order valence-electron chi connectivity index (χ1n) is 4.79. The summed E-state index contributed by atoms with van der Waals surface area (Å²) in [6, 6.07) is 5.15. The molecule has 0 bridgehead atoms. The Kier molecular flexibility index (Phi) is 2.81. The topological polar surface area (TPSA) is 38.9 Å². The molecular formula is C12H10F2N2. The van der Waals surface area contributed by atoms with Gasteiger partial charge in [-0.3, -0.25) is 4.98 Å². The molecule has 0 aliphatic rings. The quantitative estimate of drug-likeness (QED) is 0.844. The Morgan fingerprint density at radius 2 is 1.94 bits per heavy atom. The smallest absolute Gasteiger partial charge is 0.129 e. The molecule has 16 heavy (non-hydrogen) atoms. The fourth-order valence-corrected chi connectivity index (χ4v) is 1.46. The van der Waals surface area contributed by atoms with Crippen LogP contribution in [0.15, 0.2) is 36.7 Å². The lowest BCUT2D eigenvalue weighted by atomic mass is 10.0. The second kappa shape index (κ2) is 4.26. The van der Waals surface area contributed by atoms with Crippen molar-refractivity contribution in [3.8, 4) is 0 Å². The van der Waals surface area contributed by atoms with Crippen LogP contribution >= 0.6 is 0 Å². The monoisotopic (exact) mass is 220 g/mol. The molecule has 82 valence electrons. The molecule has 2 N–H and O–H groups in total. The summed E-state index contributed by atoms with van der Waals surface area (Å²) in [6.45, 7) is 0. The maximum Gasteiger partial charge on any atom is 0.129 e. The zero-order valence-corrected chi connectivity index (χ0v) is 8.45. The van der Waals surface area contributed by atoms with Crippen LogP contribution in [0.4, 0.5) is 14.5 Å². The summed E-state index contributed by atoms with van der Waals surface area (Å²) in [5, 5.41) is 0. The number of benzene rings is 1. The summed E-state index contributed by atoms with van der Waals surface area (Å²) in [6.07, 6.45) is 3.46. The van der Waals surface area contributed by atoms with Crippen LogP contribution in [0, 0.1) is 11.6 Å². The van der Waals surface area contributed by atoms with E-state index in [4.69, 9.17) is 5.73 Å². The SMILES string of the molecule is Nc1ccncc1Cc1ccc(F)cc1F. The molecule has 0 unspecified atom stereocenters. The average molecular weight is 220 g/mol. The summed E-state index contributed by atoms with van der Waals surface area (Å²) in [4.78, 5) is 3.91. The molecule has 0 saturated heterocycles. The van der Waals surface area contributed by atoms with Gasteiger partial charge in [0.2, 0.25) is 0 Å². The normalized spacial score (nSPS) is 10.4. The molecular weight excluding hydrogens is 210 g/mol. The van der Waals surface area contributed by atoms with Crippen LogP contribution in [-0.4, -0.2) is 4.98 Å². The zero-order valence-electron chi connectivity index (χ0n) is 8.45. The Morgan fingerprint density at radius 3 is 2.62 bits per heavy atom. The fourth-order valence-electron chi connectivity index (χ4n) is 1.46. The van der Waals surface area contributed by atoms with Gasteiger partial charge < -0.3 is 5.73 Å². The highest BCUT2D eigenvalue weighted by Gasteiger charge is 2.06. The highest BCUT2D eigenvalue weighted by molar-refractivity contribution is 5.46. The largest absolute Gasteiger partial charge is 0.398 e. The van der Waals surface area contributed by atoms with Crippen molar-refractivity contribution in [2.24, 2.45) is 0 Å². The van der Waals surface area contributed by atoms with Crippen LogP contribution in [0.3, 0.4) is 0 Å². The first-order chi connectivity index (χ1) is 7.66. The first kappa shape index (κ1) is 10.5. The first-order valence-corrected chi connectivity index (χ1v) is 4.79. The van der Waals surface area contributed by atoms with Gasteiger partial charge >= 0.3 is 0 Å². The Morgan fingerprint density at radius 1 is 1.12 bits per heavy atom. The number of pyridine rings is 1. The third-order valence-corrected chi connectivity index (χ3v) is 2.34. The molecule has 4 heteroatoms. The summed E-state index contributed by atoms with van der Waals surface area (Å²) in [5.74, 6) is -1.15. The fraction of sp³-hybridized carbons (Fsp3) is 0.0833. The molecule has 2 nitrogen and oxygen atoms in total. The minimum absolute atomic E-state index is 0.311. The summed E-state index contributed by atoms with van der Waals surface area (Å²) in [5.41, 5.74) is 7.40. The van der Waals surface area contributed by atoms with Crippen molar-refractivity contribution in [1.29, 1.82) is 0 Å². The van der Waals surface area contributed by atoms with Crippen LogP contribution in [-0.2, 0) is 6.42 Å². The molecule has 0 aliphatic carbocycles. The van der Waals surface area contributed by atoms with E-state index < -0.39 is 11.6 Å². The van der Waals surface area contributed by atoms with Crippen molar-refractivity contribution in [3.63, 3.8) is 0 Å². The molecule has 0 saturated carbocycles. The number of anilines is 1. The highest BCUT2D eigenvalue weighted by Crippen LogP contribution is 2.17. The molecule has 0 amide bonds. The van der Waals surface area contributed by atoms with E-state index >= 15 is 0 Å². The maximum atomic E-state index is 13.4. The van der Waals surface area contributed by atoms with Crippen LogP contribution in [0.25, 0.3) is 0 Å². The van der Waals surface area contributed by atoms with E-state index in [1.165, 1.54) is 12.1 Å². The Balaban J connectivity index is 2.31. The van der Waals surface area contributed by atoms with E-state index in [0.717, 1.165) is 11.6 Å². The molecule has 1 aromatic carbocycles. The van der Waals surface area contributed by atoms with Crippen molar-refractivity contribution in [1.82, 2.24) is 4.98 Å². The van der Waals surface area contributed by atoms with E-state index in [9.17, 15) is 8.78 Å². The molecule has 0 radical (unpaired) electrons. The van der Waals surface area contributed by atoms with Gasteiger partial charge in [0, 0.05) is 30.6 Å². The molecule has 0 fully saturated rings. The van der Waals surface area contributed by atoms with E-state index in [2.05, 4.69) is 4.98 Å². The number of hydrogen-bond acceptors (Lipinski definition) is 2. The Bertz CT molecular complexity index is 512. The van der Waals surface area contributed by atoms with Crippen molar-refractivity contribution in [3.05, 3.63) is 59.4 Å². The highest BCUT2D eigenvalue weighted by atomic mass is 19.1. The van der Waals surface area contributed by atoms with Gasteiger partial charge in [-0.05, 0) is 23.3 Å². The molecule has 0 aliphatic heterocycles. The van der Waals surface area contributed by atoms with Gasteiger partial charge in [-0.25, -0.2) is 8.78 Å². The number of rotatable bonds is 2. The van der Waals surface area contributed by atoms with Crippen molar-refractivity contribution in [2.45, 2.75) is 6.42 Å². The van der Waals surface area contributed by atoms with Crippen LogP contribution in [0.2, 0.25) is 0 Å². The number of nitrogens with zero attached hydrogens (tertiary/aromatic N) is 1. The van der Waals surface area contributed by atoms with E-state index in [1.807, 2.05) is 0 Å². The van der Waals surface area contributed by atoms with Gasteiger partial charge in [0.25, 0.3) is 0 Å². The zero-order chi connectivity index (χ0) is 11.5. The second-order valence-corrected chi connectivity index (χ2v) is 3.49. The lowest BCUT2D eigenvalue weighted by Gasteiger charge is -2.05. The average Bonchev–Trinajstić information content (AvgIpc) is 2.25. The molecule has 1 aromatic heterocycles. The van der Waals surface area contributed by atoms with E-state index in [-0.39, 0.29) is 0 Å². The van der Waals surface area contributed by atoms with Gasteiger partial charge in [-0.15, -0.1) is 0 Å². The second-order valence-electron chi connectivity index (χ2n) is 3.49. The Hall–Kier alpha value is -1.97. The summed E-state index contributed by atoms with van der Waals surface area (Å²) in [7, 11) is 0. The predicted molar refractivity (Wildman–Crippen MR) is 57.8 cm³/mol. The third kappa shape index (κ3) is 2.16. The van der Waals surface area contributed by atoms with Gasteiger partial charge in [0.1, 0.15) is 11.6 Å². The van der Waals surface area contributed by atoms with Gasteiger partial charge in [-0.1, -0.05) is 6.07 Å². The third-order valence-electron chi connectivity index (χ3n) is 2.34. The van der Waals surface area contributed by atoms with Crippen molar-refractivity contribution >= 4 is 5.69 Å².